The average Bonchev–Trinajstić information content (AvgIpc) is 2.39. The van der Waals surface area contributed by atoms with E-state index in [2.05, 4.69) is 0 Å². The molecule has 2 heterocycles. The van der Waals surface area contributed by atoms with Crippen LogP contribution in [0.15, 0.2) is 0 Å². The zero-order chi connectivity index (χ0) is 12.3. The van der Waals surface area contributed by atoms with Crippen LogP contribution in [0.3, 0.4) is 0 Å². The number of ether oxygens (including phenoxy) is 2. The molecule has 0 aliphatic carbocycles. The van der Waals surface area contributed by atoms with Gasteiger partial charge in [0, 0.05) is 13.2 Å². The highest BCUT2D eigenvalue weighted by molar-refractivity contribution is 5.80. The van der Waals surface area contributed by atoms with E-state index in [1.807, 2.05) is 0 Å². The predicted molar refractivity (Wildman–Crippen MR) is 57.5 cm³/mol. The summed E-state index contributed by atoms with van der Waals surface area (Å²) in [6.45, 7) is 2.07. The number of amides is 1. The molecule has 2 aliphatic heterocycles. The Morgan fingerprint density at radius 1 is 1.29 bits per heavy atom. The molecule has 0 saturated carbocycles. The zero-order valence-corrected chi connectivity index (χ0v) is 9.63. The molecule has 0 aromatic rings. The van der Waals surface area contributed by atoms with Gasteiger partial charge in [0.1, 0.15) is 0 Å². The van der Waals surface area contributed by atoms with E-state index in [-0.39, 0.29) is 25.0 Å². The fraction of sp³-hybridized carbons (Fsp3) is 0.818. The van der Waals surface area contributed by atoms with Crippen LogP contribution in [0.2, 0.25) is 0 Å². The van der Waals surface area contributed by atoms with Gasteiger partial charge in [0.25, 0.3) is 0 Å². The maximum Gasteiger partial charge on any atom is 0.334 e. The van der Waals surface area contributed by atoms with Crippen LogP contribution < -0.4 is 0 Å². The fourth-order valence-corrected chi connectivity index (χ4v) is 2.19. The van der Waals surface area contributed by atoms with E-state index in [1.165, 1.54) is 0 Å². The molecule has 0 radical (unpaired) electrons. The van der Waals surface area contributed by atoms with Gasteiger partial charge in [0.15, 0.2) is 6.10 Å². The Morgan fingerprint density at radius 2 is 2.12 bits per heavy atom. The lowest BCUT2D eigenvalue weighted by molar-refractivity contribution is -0.161. The largest absolute Gasteiger partial charge is 0.479 e. The maximum atomic E-state index is 12.1. The normalized spacial score (nSPS) is 30.0. The second kappa shape index (κ2) is 5.46. The number of carbonyl (C=O) groups is 2. The van der Waals surface area contributed by atoms with Gasteiger partial charge in [0.2, 0.25) is 5.91 Å². The van der Waals surface area contributed by atoms with Gasteiger partial charge >= 0.3 is 5.97 Å². The van der Waals surface area contributed by atoms with Gasteiger partial charge in [0.05, 0.1) is 25.7 Å². The van der Waals surface area contributed by atoms with Crippen LogP contribution in [0, 0.1) is 5.92 Å². The maximum absolute atomic E-state index is 12.1. The van der Waals surface area contributed by atoms with Crippen LogP contribution in [0.5, 0.6) is 0 Å². The van der Waals surface area contributed by atoms with Crippen molar-refractivity contribution in [2.75, 3.05) is 32.9 Å². The lowest BCUT2D eigenvalue weighted by Crippen LogP contribution is -2.51. The van der Waals surface area contributed by atoms with Crippen LogP contribution in [0.4, 0.5) is 0 Å². The van der Waals surface area contributed by atoms with Gasteiger partial charge in [-0.25, -0.2) is 4.79 Å². The van der Waals surface area contributed by atoms with Gasteiger partial charge in [-0.05, 0) is 12.8 Å². The first kappa shape index (κ1) is 12.3. The van der Waals surface area contributed by atoms with Crippen molar-refractivity contribution in [3.8, 4) is 0 Å². The number of hydrogen-bond donors (Lipinski definition) is 1. The van der Waals surface area contributed by atoms with E-state index in [9.17, 15) is 9.59 Å². The number of aliphatic carboxylic acids is 1. The topological polar surface area (TPSA) is 76.1 Å². The van der Waals surface area contributed by atoms with Crippen molar-refractivity contribution in [1.82, 2.24) is 4.90 Å². The highest BCUT2D eigenvalue weighted by atomic mass is 16.5. The predicted octanol–water partition coefficient (Wildman–Crippen LogP) is -0.275. The molecule has 0 unspecified atom stereocenters. The van der Waals surface area contributed by atoms with Crippen LogP contribution >= 0.6 is 0 Å². The third-order valence-electron chi connectivity index (χ3n) is 3.16. The lowest BCUT2D eigenvalue weighted by Gasteiger charge is -2.34. The number of hydrogen-bond acceptors (Lipinski definition) is 4. The summed E-state index contributed by atoms with van der Waals surface area (Å²) >= 11 is 0. The van der Waals surface area contributed by atoms with Gasteiger partial charge < -0.3 is 19.5 Å². The molecule has 2 rings (SSSR count). The van der Waals surface area contributed by atoms with Crippen molar-refractivity contribution in [1.29, 1.82) is 0 Å². The first-order valence-corrected chi connectivity index (χ1v) is 5.89. The monoisotopic (exact) mass is 243 g/mol. The first-order valence-electron chi connectivity index (χ1n) is 5.89. The molecule has 1 N–H and O–H groups in total. The number of carboxylic acids is 1. The van der Waals surface area contributed by atoms with Crippen molar-refractivity contribution >= 4 is 11.9 Å². The van der Waals surface area contributed by atoms with Crippen molar-refractivity contribution in [3.63, 3.8) is 0 Å². The Bertz CT molecular complexity index is 300. The molecule has 1 amide bonds. The zero-order valence-electron chi connectivity index (χ0n) is 9.63. The standard InChI is InChI=1S/C11H17NO5/c13-10(8-2-1-4-16-7-8)12-3-5-17-9(6-12)11(14)15/h8-9H,1-7H2,(H,14,15)/t8-,9-/m0/s1. The highest BCUT2D eigenvalue weighted by Crippen LogP contribution is 2.18. The minimum Gasteiger partial charge on any atom is -0.479 e. The third kappa shape index (κ3) is 2.95. The molecule has 6 nitrogen and oxygen atoms in total. The number of morpholine rings is 1. The molecule has 0 aromatic carbocycles. The third-order valence-corrected chi connectivity index (χ3v) is 3.16. The average molecular weight is 243 g/mol. The second-order valence-electron chi connectivity index (χ2n) is 4.40. The van der Waals surface area contributed by atoms with Gasteiger partial charge in [-0.3, -0.25) is 4.79 Å². The minimum absolute atomic E-state index is 0.000694. The minimum atomic E-state index is -1.01. The Morgan fingerprint density at radius 3 is 2.76 bits per heavy atom. The summed E-state index contributed by atoms with van der Waals surface area (Å²) in [5.74, 6) is -1.13. The van der Waals surface area contributed by atoms with Crippen molar-refractivity contribution in [3.05, 3.63) is 0 Å². The number of carboxylic acid groups (broad SMARTS) is 1. The summed E-state index contributed by atoms with van der Waals surface area (Å²) in [6, 6.07) is 0. The van der Waals surface area contributed by atoms with Gasteiger partial charge in [-0.1, -0.05) is 0 Å². The quantitative estimate of drug-likeness (QED) is 0.722. The molecule has 6 heteroatoms. The molecule has 2 fully saturated rings. The molecule has 0 aromatic heterocycles. The van der Waals surface area contributed by atoms with E-state index in [0.717, 1.165) is 12.8 Å². The Hall–Kier alpha value is -1.14. The summed E-state index contributed by atoms with van der Waals surface area (Å²) in [4.78, 5) is 24.5. The summed E-state index contributed by atoms with van der Waals surface area (Å²) in [5, 5.41) is 8.86. The smallest absolute Gasteiger partial charge is 0.334 e. The second-order valence-corrected chi connectivity index (χ2v) is 4.40. The summed E-state index contributed by atoms with van der Waals surface area (Å²) in [5.41, 5.74) is 0. The summed E-state index contributed by atoms with van der Waals surface area (Å²) in [7, 11) is 0. The van der Waals surface area contributed by atoms with E-state index >= 15 is 0 Å². The van der Waals surface area contributed by atoms with E-state index < -0.39 is 12.1 Å². The molecule has 0 bridgehead atoms. The molecule has 17 heavy (non-hydrogen) atoms. The van der Waals surface area contributed by atoms with Crippen LogP contribution in [0.25, 0.3) is 0 Å². The molecule has 96 valence electrons. The lowest BCUT2D eigenvalue weighted by atomic mass is 10.0. The van der Waals surface area contributed by atoms with Gasteiger partial charge in [-0.2, -0.15) is 0 Å². The first-order chi connectivity index (χ1) is 8.18. The fourth-order valence-electron chi connectivity index (χ4n) is 2.19. The summed E-state index contributed by atoms with van der Waals surface area (Å²) < 4.78 is 10.4. The van der Waals surface area contributed by atoms with Crippen molar-refractivity contribution in [2.24, 2.45) is 5.92 Å². The SMILES string of the molecule is O=C(O)[C@@H]1CN(C(=O)[C@H]2CCCOC2)CCO1. The van der Waals surface area contributed by atoms with Crippen LogP contribution in [-0.2, 0) is 19.1 Å². The van der Waals surface area contributed by atoms with Crippen LogP contribution in [0.1, 0.15) is 12.8 Å². The molecular formula is C11H17NO5. The van der Waals surface area contributed by atoms with Crippen LogP contribution in [-0.4, -0.2) is 60.9 Å². The molecule has 2 atom stereocenters. The Kier molecular flexibility index (Phi) is 3.96. The Balaban J connectivity index is 1.91. The number of nitrogens with zero attached hydrogens (tertiary/aromatic N) is 1. The van der Waals surface area contributed by atoms with E-state index in [0.29, 0.717) is 19.8 Å². The molecular weight excluding hydrogens is 226 g/mol. The molecule has 2 aliphatic rings. The van der Waals surface area contributed by atoms with E-state index in [1.54, 1.807) is 4.90 Å². The number of rotatable bonds is 2. The highest BCUT2D eigenvalue weighted by Gasteiger charge is 2.33. The van der Waals surface area contributed by atoms with Crippen molar-refractivity contribution < 1.29 is 24.2 Å². The van der Waals surface area contributed by atoms with E-state index in [4.69, 9.17) is 14.6 Å². The number of carbonyl (C=O) groups excluding carboxylic acids is 1. The van der Waals surface area contributed by atoms with Gasteiger partial charge in [-0.15, -0.1) is 0 Å². The van der Waals surface area contributed by atoms with Crippen molar-refractivity contribution in [2.45, 2.75) is 18.9 Å². The Labute approximate surface area is 99.5 Å². The molecule has 2 saturated heterocycles. The molecule has 0 spiro atoms. The summed E-state index contributed by atoms with van der Waals surface area (Å²) in [6.07, 6.45) is 0.828.